The van der Waals surface area contributed by atoms with Gasteiger partial charge < -0.3 is 34.2 Å². The lowest BCUT2D eigenvalue weighted by Gasteiger charge is -2.36. The van der Waals surface area contributed by atoms with Crippen molar-refractivity contribution in [2.45, 2.75) is 24.9 Å². The fourth-order valence-corrected chi connectivity index (χ4v) is 5.85. The zero-order valence-corrected chi connectivity index (χ0v) is 19.2. The number of H-pyrrole nitrogens is 1. The largest absolute Gasteiger partial charge is 0.486 e. The van der Waals surface area contributed by atoms with Gasteiger partial charge in [-0.15, -0.1) is 0 Å². The third kappa shape index (κ3) is 9.02. The lowest BCUT2D eigenvalue weighted by Crippen LogP contribution is -2.52. The van der Waals surface area contributed by atoms with Crippen molar-refractivity contribution in [3.8, 4) is 0 Å². The summed E-state index contributed by atoms with van der Waals surface area (Å²) < 4.78 is 54.7. The van der Waals surface area contributed by atoms with E-state index in [0.29, 0.717) is 4.57 Å². The molecule has 0 aromatic carbocycles. The number of ether oxygens (including phenoxy) is 1. The minimum atomic E-state index is -5.42. The Morgan fingerprint density at radius 2 is 1.97 bits per heavy atom. The van der Waals surface area contributed by atoms with Crippen LogP contribution >= 0.6 is 22.8 Å². The van der Waals surface area contributed by atoms with Crippen LogP contribution < -0.4 is 11.2 Å². The molecule has 1 aromatic heterocycles. The molecule has 6 N–H and O–H groups in total. The number of phosphoric acid groups is 2. The van der Waals surface area contributed by atoms with E-state index in [4.69, 9.17) is 19.0 Å². The van der Waals surface area contributed by atoms with Crippen LogP contribution in [0.4, 0.5) is 4.39 Å². The summed E-state index contributed by atoms with van der Waals surface area (Å²) in [6, 6.07) is 0.918. The van der Waals surface area contributed by atoms with Gasteiger partial charge in [-0.2, -0.15) is 4.31 Å². The molecule has 0 aliphatic heterocycles. The van der Waals surface area contributed by atoms with Crippen LogP contribution in [0.25, 0.3) is 0 Å². The van der Waals surface area contributed by atoms with E-state index in [1.165, 1.54) is 0 Å². The Bertz CT molecular complexity index is 980. The Morgan fingerprint density at radius 3 is 2.42 bits per heavy atom. The lowest BCUT2D eigenvalue weighted by atomic mass is 10.0. The standard InChI is InChI=1S/C11H20FN2O13P3S/c1-7(16)11(5-12,6-24-28(31)26-30(22,23)27-29(19,20)21)25-9(4-15)14-3-2-8(17)13-10(14)18/h2-3,7,9,15-16,28H,4-6H2,1H3,(H,22,23)(H,13,17,18)(H2,19,20,21)/t7-,9+,11+/m0/s1. The number of nitrogens with one attached hydrogen (secondary N) is 1. The molecule has 5 atom stereocenters. The Labute approximate surface area is 178 Å². The van der Waals surface area contributed by atoms with E-state index in [-0.39, 0.29) is 0 Å². The van der Waals surface area contributed by atoms with E-state index in [2.05, 4.69) is 20.4 Å². The first-order valence-corrected chi connectivity index (χ1v) is 13.4. The quantitative estimate of drug-likeness (QED) is 0.166. The molecule has 0 radical (unpaired) electrons. The van der Waals surface area contributed by atoms with E-state index in [0.717, 1.165) is 19.2 Å². The number of aliphatic hydroxyl groups excluding tert-OH is 2. The highest BCUT2D eigenvalue weighted by Crippen LogP contribution is 2.62. The molecule has 0 amide bonds. The molecular formula is C11H20FN2O13P3S. The molecule has 2 unspecified atom stereocenters. The van der Waals surface area contributed by atoms with Crippen molar-refractivity contribution >= 4 is 34.6 Å². The van der Waals surface area contributed by atoms with Crippen LogP contribution in [0, 0.1) is 0 Å². The van der Waals surface area contributed by atoms with E-state index < -0.39 is 71.9 Å². The van der Waals surface area contributed by atoms with E-state index >= 15 is 0 Å². The summed E-state index contributed by atoms with van der Waals surface area (Å²) in [5, 5.41) is 19.5. The van der Waals surface area contributed by atoms with Crippen LogP contribution in [-0.2, 0) is 38.8 Å². The van der Waals surface area contributed by atoms with E-state index in [1.807, 2.05) is 4.98 Å². The molecule has 15 nitrogen and oxygen atoms in total. The van der Waals surface area contributed by atoms with Gasteiger partial charge in [0.2, 0.25) is 0 Å². The molecule has 20 heteroatoms. The van der Waals surface area contributed by atoms with Crippen LogP contribution in [0.5, 0.6) is 0 Å². The lowest BCUT2D eigenvalue weighted by molar-refractivity contribution is -0.205. The Balaban J connectivity index is 3.02. The van der Waals surface area contributed by atoms with Gasteiger partial charge in [0, 0.05) is 12.3 Å². The molecule has 0 bridgehead atoms. The summed E-state index contributed by atoms with van der Waals surface area (Å²) in [5.41, 5.74) is -4.06. The fraction of sp³-hybridized carbons (Fsp3) is 0.636. The zero-order valence-electron chi connectivity index (χ0n) is 15.6. The molecule has 0 fully saturated rings. The number of aliphatic hydroxyl groups is 2. The third-order valence-electron chi connectivity index (χ3n) is 3.51. The SMILES string of the molecule is C[C@H](O)[C@@](CF)(CO[PH](=S)OP(=O)(O)OP(=O)(O)O)O[C@H](CO)n1ccc(=O)[nH]c1=O. The van der Waals surface area contributed by atoms with Gasteiger partial charge in [0.25, 0.3) is 5.56 Å². The van der Waals surface area contributed by atoms with Gasteiger partial charge in [0.1, 0.15) is 12.3 Å². The molecule has 31 heavy (non-hydrogen) atoms. The number of alkyl halides is 1. The van der Waals surface area contributed by atoms with Crippen LogP contribution in [-0.4, -0.2) is 66.0 Å². The van der Waals surface area contributed by atoms with Crippen LogP contribution in [0.1, 0.15) is 13.2 Å². The topological polar surface area (TPSA) is 227 Å². The third-order valence-corrected chi connectivity index (χ3v) is 8.11. The summed E-state index contributed by atoms with van der Waals surface area (Å²) in [5.74, 6) is 0. The van der Waals surface area contributed by atoms with E-state index in [9.17, 15) is 38.2 Å². The molecule has 1 heterocycles. The highest BCUT2D eigenvalue weighted by molar-refractivity contribution is 8.02. The van der Waals surface area contributed by atoms with Gasteiger partial charge in [-0.25, -0.2) is 22.6 Å². The van der Waals surface area contributed by atoms with Crippen molar-refractivity contribution in [3.05, 3.63) is 33.1 Å². The monoisotopic (exact) mass is 532 g/mol. The van der Waals surface area contributed by atoms with Gasteiger partial charge in [0.15, 0.2) is 13.4 Å². The molecule has 0 aliphatic carbocycles. The van der Waals surface area contributed by atoms with Gasteiger partial charge in [-0.05, 0) is 18.7 Å². The normalized spacial score (nSPS) is 19.2. The first-order valence-electron chi connectivity index (χ1n) is 7.95. The van der Waals surface area contributed by atoms with Crippen LogP contribution in [0.3, 0.4) is 0 Å². The molecular weight excluding hydrogens is 512 g/mol. The number of rotatable bonds is 13. The van der Waals surface area contributed by atoms with E-state index in [1.54, 1.807) is 0 Å². The summed E-state index contributed by atoms with van der Waals surface area (Å²) in [4.78, 5) is 51.3. The average Bonchev–Trinajstić information content (AvgIpc) is 2.60. The highest BCUT2D eigenvalue weighted by atomic mass is 32.4. The van der Waals surface area contributed by atoms with Crippen molar-refractivity contribution in [2.75, 3.05) is 19.9 Å². The second-order valence-electron chi connectivity index (χ2n) is 5.82. The number of hydrogen-bond acceptors (Lipinski definition) is 11. The van der Waals surface area contributed by atoms with Crippen LogP contribution in [0.2, 0.25) is 0 Å². The van der Waals surface area contributed by atoms with Gasteiger partial charge in [-0.3, -0.25) is 14.3 Å². The molecule has 1 rings (SSSR count). The maximum absolute atomic E-state index is 13.9. The maximum Gasteiger partial charge on any atom is 0.486 e. The minimum Gasteiger partial charge on any atom is -0.392 e. The van der Waals surface area contributed by atoms with Crippen molar-refractivity contribution in [2.24, 2.45) is 0 Å². The Hall–Kier alpha value is -0.640. The molecule has 0 aliphatic rings. The number of halogens is 1. The second-order valence-corrected chi connectivity index (χ2v) is 10.9. The number of nitrogens with zero attached hydrogens (tertiary/aromatic N) is 1. The first-order chi connectivity index (χ1) is 14.1. The predicted molar refractivity (Wildman–Crippen MR) is 105 cm³/mol. The number of hydrogen-bond donors (Lipinski definition) is 6. The van der Waals surface area contributed by atoms with Gasteiger partial charge in [-0.1, -0.05) is 0 Å². The maximum atomic E-state index is 13.9. The Kier molecular flexibility index (Phi) is 10.5. The fourth-order valence-electron chi connectivity index (χ4n) is 1.99. The molecule has 0 saturated carbocycles. The summed E-state index contributed by atoms with van der Waals surface area (Å²) in [6.45, 7) is -2.26. The molecule has 1 aromatic rings. The Morgan fingerprint density at radius 1 is 1.35 bits per heavy atom. The summed E-state index contributed by atoms with van der Waals surface area (Å²) in [6.07, 6.45) is -2.33. The van der Waals surface area contributed by atoms with Crippen molar-refractivity contribution in [1.82, 2.24) is 9.55 Å². The second kappa shape index (κ2) is 11.5. The highest BCUT2D eigenvalue weighted by Gasteiger charge is 2.42. The van der Waals surface area contributed by atoms with Crippen molar-refractivity contribution < 1.29 is 56.3 Å². The molecule has 180 valence electrons. The predicted octanol–water partition coefficient (Wildman–Crippen LogP) is -1.12. The van der Waals surface area contributed by atoms with Gasteiger partial charge in [0.05, 0.1) is 19.3 Å². The number of aromatic amines is 1. The van der Waals surface area contributed by atoms with Crippen molar-refractivity contribution in [3.63, 3.8) is 0 Å². The van der Waals surface area contributed by atoms with Crippen LogP contribution in [0.15, 0.2) is 21.9 Å². The summed E-state index contributed by atoms with van der Waals surface area (Å²) >= 11 is 4.64. The number of aromatic nitrogens is 2. The summed E-state index contributed by atoms with van der Waals surface area (Å²) in [7, 11) is -14.0. The smallest absolute Gasteiger partial charge is 0.392 e. The molecule has 0 spiro atoms. The van der Waals surface area contributed by atoms with Crippen molar-refractivity contribution in [1.29, 1.82) is 0 Å². The minimum absolute atomic E-state index is 0.694. The average molecular weight is 532 g/mol. The molecule has 0 saturated heterocycles. The van der Waals surface area contributed by atoms with Gasteiger partial charge >= 0.3 is 21.3 Å². The zero-order chi connectivity index (χ0) is 24.0. The first kappa shape index (κ1) is 28.4.